The van der Waals surface area contributed by atoms with E-state index in [2.05, 4.69) is 15.0 Å². The molecule has 2 aromatic heterocycles. The van der Waals surface area contributed by atoms with Crippen molar-refractivity contribution < 1.29 is 0 Å². The van der Waals surface area contributed by atoms with Gasteiger partial charge in [-0.3, -0.25) is 4.98 Å². The summed E-state index contributed by atoms with van der Waals surface area (Å²) in [6.45, 7) is 3.84. The Morgan fingerprint density at radius 1 is 1.20 bits per heavy atom. The summed E-state index contributed by atoms with van der Waals surface area (Å²) in [5, 5.41) is 0. The van der Waals surface area contributed by atoms with Crippen LogP contribution in [0.4, 0.5) is 5.82 Å². The fourth-order valence-corrected chi connectivity index (χ4v) is 1.28. The summed E-state index contributed by atoms with van der Waals surface area (Å²) >= 11 is 0. The summed E-state index contributed by atoms with van der Waals surface area (Å²) in [7, 11) is 0. The SMILES string of the molecule is Cc1nc(-c2cccnc2)nc(N)c1C. The molecule has 0 aliphatic heterocycles. The molecule has 2 N–H and O–H groups in total. The first kappa shape index (κ1) is 9.58. The number of nitrogens with zero attached hydrogens (tertiary/aromatic N) is 3. The zero-order valence-corrected chi connectivity index (χ0v) is 8.73. The van der Waals surface area contributed by atoms with Crippen molar-refractivity contribution >= 4 is 5.82 Å². The van der Waals surface area contributed by atoms with E-state index in [1.165, 1.54) is 0 Å². The van der Waals surface area contributed by atoms with E-state index in [1.807, 2.05) is 26.0 Å². The van der Waals surface area contributed by atoms with E-state index in [0.29, 0.717) is 11.6 Å². The van der Waals surface area contributed by atoms with Crippen LogP contribution in [-0.2, 0) is 0 Å². The molecule has 4 heteroatoms. The van der Waals surface area contributed by atoms with Crippen LogP contribution in [0.3, 0.4) is 0 Å². The highest BCUT2D eigenvalue weighted by atomic mass is 15.0. The molecular weight excluding hydrogens is 188 g/mol. The predicted octanol–water partition coefficient (Wildman–Crippen LogP) is 1.74. The first-order valence-electron chi connectivity index (χ1n) is 4.69. The summed E-state index contributed by atoms with van der Waals surface area (Å²) in [4.78, 5) is 12.6. The zero-order valence-electron chi connectivity index (χ0n) is 8.73. The average molecular weight is 200 g/mol. The monoisotopic (exact) mass is 200 g/mol. The van der Waals surface area contributed by atoms with Gasteiger partial charge in [0.05, 0.1) is 0 Å². The smallest absolute Gasteiger partial charge is 0.163 e. The van der Waals surface area contributed by atoms with Gasteiger partial charge >= 0.3 is 0 Å². The van der Waals surface area contributed by atoms with Crippen LogP contribution in [0, 0.1) is 13.8 Å². The van der Waals surface area contributed by atoms with Crippen LogP contribution >= 0.6 is 0 Å². The Morgan fingerprint density at radius 3 is 2.60 bits per heavy atom. The lowest BCUT2D eigenvalue weighted by Gasteiger charge is -2.06. The molecule has 0 fully saturated rings. The third-order valence-electron chi connectivity index (χ3n) is 2.35. The van der Waals surface area contributed by atoms with Gasteiger partial charge in [0.15, 0.2) is 5.82 Å². The number of rotatable bonds is 1. The molecular formula is C11H12N4. The molecule has 0 aromatic carbocycles. The molecule has 0 aliphatic rings. The Kier molecular flexibility index (Phi) is 2.33. The van der Waals surface area contributed by atoms with Crippen LogP contribution in [0.2, 0.25) is 0 Å². The molecule has 2 aromatic rings. The van der Waals surface area contributed by atoms with Crippen molar-refractivity contribution in [2.75, 3.05) is 5.73 Å². The molecule has 0 saturated heterocycles. The Morgan fingerprint density at radius 2 is 2.00 bits per heavy atom. The second-order valence-corrected chi connectivity index (χ2v) is 3.38. The molecule has 0 atom stereocenters. The van der Waals surface area contributed by atoms with Crippen molar-refractivity contribution in [3.63, 3.8) is 0 Å². The van der Waals surface area contributed by atoms with Gasteiger partial charge in [-0.15, -0.1) is 0 Å². The molecule has 15 heavy (non-hydrogen) atoms. The summed E-state index contributed by atoms with van der Waals surface area (Å²) in [6, 6.07) is 3.76. The van der Waals surface area contributed by atoms with E-state index in [-0.39, 0.29) is 0 Å². The third kappa shape index (κ3) is 1.79. The van der Waals surface area contributed by atoms with E-state index in [1.54, 1.807) is 12.4 Å². The Hall–Kier alpha value is -1.97. The molecule has 0 bridgehead atoms. The second-order valence-electron chi connectivity index (χ2n) is 3.38. The Labute approximate surface area is 88.2 Å². The first-order valence-corrected chi connectivity index (χ1v) is 4.69. The van der Waals surface area contributed by atoms with E-state index >= 15 is 0 Å². The zero-order chi connectivity index (χ0) is 10.8. The summed E-state index contributed by atoms with van der Waals surface area (Å²) < 4.78 is 0. The fraction of sp³-hybridized carbons (Fsp3) is 0.182. The number of aromatic nitrogens is 3. The van der Waals surface area contributed by atoms with Gasteiger partial charge in [0, 0.05) is 29.2 Å². The van der Waals surface area contributed by atoms with Crippen LogP contribution in [0.25, 0.3) is 11.4 Å². The summed E-state index contributed by atoms with van der Waals surface area (Å²) in [5.41, 5.74) is 8.51. The number of pyridine rings is 1. The average Bonchev–Trinajstić information content (AvgIpc) is 2.26. The molecule has 76 valence electrons. The molecule has 2 heterocycles. The van der Waals surface area contributed by atoms with E-state index in [0.717, 1.165) is 16.8 Å². The number of aryl methyl sites for hydroxylation is 1. The van der Waals surface area contributed by atoms with Gasteiger partial charge < -0.3 is 5.73 Å². The molecule has 0 unspecified atom stereocenters. The molecule has 4 nitrogen and oxygen atoms in total. The number of hydrogen-bond acceptors (Lipinski definition) is 4. The lowest BCUT2D eigenvalue weighted by Crippen LogP contribution is -2.02. The highest BCUT2D eigenvalue weighted by Crippen LogP contribution is 2.18. The summed E-state index contributed by atoms with van der Waals surface area (Å²) in [5.74, 6) is 1.16. The van der Waals surface area contributed by atoms with Crippen LogP contribution in [0.15, 0.2) is 24.5 Å². The number of nitrogens with two attached hydrogens (primary N) is 1. The van der Waals surface area contributed by atoms with E-state index < -0.39 is 0 Å². The summed E-state index contributed by atoms with van der Waals surface area (Å²) in [6.07, 6.45) is 3.44. The Balaban J connectivity index is 2.56. The van der Waals surface area contributed by atoms with Crippen molar-refractivity contribution in [2.45, 2.75) is 13.8 Å². The van der Waals surface area contributed by atoms with Crippen molar-refractivity contribution in [3.05, 3.63) is 35.8 Å². The molecule has 0 saturated carbocycles. The van der Waals surface area contributed by atoms with Crippen molar-refractivity contribution in [1.29, 1.82) is 0 Å². The third-order valence-corrected chi connectivity index (χ3v) is 2.35. The second kappa shape index (κ2) is 3.65. The lowest BCUT2D eigenvalue weighted by atomic mass is 10.2. The normalized spacial score (nSPS) is 10.3. The van der Waals surface area contributed by atoms with Gasteiger partial charge in [-0.1, -0.05) is 0 Å². The topological polar surface area (TPSA) is 64.7 Å². The minimum Gasteiger partial charge on any atom is -0.383 e. The van der Waals surface area contributed by atoms with Gasteiger partial charge in [-0.2, -0.15) is 0 Å². The van der Waals surface area contributed by atoms with Gasteiger partial charge in [-0.25, -0.2) is 9.97 Å². The van der Waals surface area contributed by atoms with Crippen molar-refractivity contribution in [1.82, 2.24) is 15.0 Å². The molecule has 0 amide bonds. The van der Waals surface area contributed by atoms with Crippen LogP contribution in [-0.4, -0.2) is 15.0 Å². The first-order chi connectivity index (χ1) is 7.18. The number of anilines is 1. The molecule has 0 radical (unpaired) electrons. The lowest BCUT2D eigenvalue weighted by molar-refractivity contribution is 1.08. The molecule has 0 aliphatic carbocycles. The minimum atomic E-state index is 0.529. The standard InChI is InChI=1S/C11H12N4/c1-7-8(2)14-11(15-10(7)12)9-4-3-5-13-6-9/h3-6H,1-2H3,(H2,12,14,15). The quantitative estimate of drug-likeness (QED) is 0.761. The highest BCUT2D eigenvalue weighted by Gasteiger charge is 2.06. The highest BCUT2D eigenvalue weighted by molar-refractivity contribution is 5.57. The van der Waals surface area contributed by atoms with E-state index in [4.69, 9.17) is 5.73 Å². The number of nitrogen functional groups attached to an aromatic ring is 1. The van der Waals surface area contributed by atoms with Crippen molar-refractivity contribution in [3.8, 4) is 11.4 Å². The number of hydrogen-bond donors (Lipinski definition) is 1. The predicted molar refractivity (Wildman–Crippen MR) is 59.1 cm³/mol. The van der Waals surface area contributed by atoms with E-state index in [9.17, 15) is 0 Å². The van der Waals surface area contributed by atoms with Crippen LogP contribution in [0.1, 0.15) is 11.3 Å². The maximum absolute atomic E-state index is 5.79. The Bertz CT molecular complexity index is 456. The molecule has 0 spiro atoms. The molecule has 2 rings (SSSR count). The van der Waals surface area contributed by atoms with Gasteiger partial charge in [0.25, 0.3) is 0 Å². The van der Waals surface area contributed by atoms with Gasteiger partial charge in [-0.05, 0) is 26.0 Å². The van der Waals surface area contributed by atoms with Crippen LogP contribution in [0.5, 0.6) is 0 Å². The fourth-order valence-electron chi connectivity index (χ4n) is 1.28. The van der Waals surface area contributed by atoms with Gasteiger partial charge in [0.1, 0.15) is 5.82 Å². The maximum Gasteiger partial charge on any atom is 0.163 e. The largest absolute Gasteiger partial charge is 0.383 e. The van der Waals surface area contributed by atoms with Gasteiger partial charge in [0.2, 0.25) is 0 Å². The van der Waals surface area contributed by atoms with Crippen molar-refractivity contribution in [2.24, 2.45) is 0 Å². The minimum absolute atomic E-state index is 0.529. The maximum atomic E-state index is 5.79. The van der Waals surface area contributed by atoms with Crippen LogP contribution < -0.4 is 5.73 Å².